The lowest BCUT2D eigenvalue weighted by Crippen LogP contribution is -2.37. The Morgan fingerprint density at radius 1 is 1.38 bits per heavy atom. The summed E-state index contributed by atoms with van der Waals surface area (Å²) in [5.41, 5.74) is 0.980. The zero-order valence-electron chi connectivity index (χ0n) is 13.4. The Kier molecular flexibility index (Phi) is 4.27. The minimum atomic E-state index is -3.04. The quantitative estimate of drug-likeness (QED) is 0.888. The van der Waals surface area contributed by atoms with Gasteiger partial charge in [-0.15, -0.1) is 0 Å². The van der Waals surface area contributed by atoms with Crippen molar-refractivity contribution < 1.29 is 17.7 Å². The molecule has 1 aliphatic rings. The fourth-order valence-electron chi connectivity index (χ4n) is 2.65. The molecule has 128 valence electrons. The first-order valence-electron chi connectivity index (χ1n) is 7.47. The van der Waals surface area contributed by atoms with Crippen LogP contribution in [0, 0.1) is 6.92 Å². The van der Waals surface area contributed by atoms with Crippen LogP contribution in [0.2, 0.25) is 0 Å². The summed E-state index contributed by atoms with van der Waals surface area (Å²) in [6.07, 6.45) is 3.50. The molecule has 3 heterocycles. The van der Waals surface area contributed by atoms with Gasteiger partial charge in [0.15, 0.2) is 15.7 Å². The van der Waals surface area contributed by atoms with Crippen molar-refractivity contribution in [1.29, 1.82) is 0 Å². The van der Waals surface area contributed by atoms with Crippen LogP contribution in [0.25, 0.3) is 0 Å². The highest BCUT2D eigenvalue weighted by Gasteiger charge is 2.33. The molecule has 8 nitrogen and oxygen atoms in total. The first-order chi connectivity index (χ1) is 11.3. The Balaban J connectivity index is 1.74. The van der Waals surface area contributed by atoms with E-state index in [4.69, 9.17) is 4.52 Å². The van der Waals surface area contributed by atoms with Crippen molar-refractivity contribution in [2.24, 2.45) is 0 Å². The van der Waals surface area contributed by atoms with E-state index in [0.717, 1.165) is 0 Å². The van der Waals surface area contributed by atoms with Crippen molar-refractivity contribution in [1.82, 2.24) is 15.0 Å². The summed E-state index contributed by atoms with van der Waals surface area (Å²) in [6.45, 7) is 1.78. The van der Waals surface area contributed by atoms with Crippen LogP contribution >= 0.6 is 0 Å². The number of sulfone groups is 1. The second-order valence-corrected chi connectivity index (χ2v) is 8.11. The molecular formula is C15H18N4O4S. The molecule has 1 N–H and O–H groups in total. The molecule has 0 aromatic carbocycles. The van der Waals surface area contributed by atoms with E-state index in [2.05, 4.69) is 15.5 Å². The number of rotatable bonds is 4. The van der Waals surface area contributed by atoms with Crippen molar-refractivity contribution in [2.45, 2.75) is 19.4 Å². The van der Waals surface area contributed by atoms with Gasteiger partial charge in [-0.2, -0.15) is 0 Å². The number of nitrogens with zero attached hydrogens (tertiary/aromatic N) is 3. The molecule has 1 fully saturated rings. The molecule has 2 aromatic rings. The molecule has 9 heteroatoms. The second-order valence-electron chi connectivity index (χ2n) is 5.88. The molecule has 0 radical (unpaired) electrons. The molecule has 1 unspecified atom stereocenters. The Labute approximate surface area is 139 Å². The summed E-state index contributed by atoms with van der Waals surface area (Å²) < 4.78 is 28.2. The number of amides is 1. The number of nitrogens with one attached hydrogen (secondary N) is 1. The predicted octanol–water partition coefficient (Wildman–Crippen LogP) is 1.38. The number of hydrogen-bond donors (Lipinski definition) is 1. The highest BCUT2D eigenvalue weighted by atomic mass is 32.2. The smallest absolute Gasteiger partial charge is 0.255 e. The fourth-order valence-corrected chi connectivity index (χ4v) is 4.42. The fraction of sp³-hybridized carbons (Fsp3) is 0.400. The highest BCUT2D eigenvalue weighted by Crippen LogP contribution is 2.20. The van der Waals surface area contributed by atoms with Crippen LogP contribution in [0.15, 0.2) is 29.0 Å². The minimum absolute atomic E-state index is 0.0127. The third-order valence-corrected chi connectivity index (χ3v) is 5.71. The Morgan fingerprint density at radius 3 is 2.79 bits per heavy atom. The average Bonchev–Trinajstić information content (AvgIpc) is 3.11. The van der Waals surface area contributed by atoms with E-state index in [0.29, 0.717) is 29.2 Å². The maximum atomic E-state index is 12.6. The lowest BCUT2D eigenvalue weighted by Gasteiger charge is -2.23. The first-order valence-corrected chi connectivity index (χ1v) is 9.29. The van der Waals surface area contributed by atoms with Crippen LogP contribution in [0.3, 0.4) is 0 Å². The van der Waals surface area contributed by atoms with Gasteiger partial charge in [-0.3, -0.25) is 9.78 Å². The maximum Gasteiger partial charge on any atom is 0.255 e. The highest BCUT2D eigenvalue weighted by molar-refractivity contribution is 7.91. The molecule has 1 amide bonds. The Morgan fingerprint density at radius 2 is 2.17 bits per heavy atom. The topological polar surface area (TPSA) is 105 Å². The standard InChI is InChI=1S/C15H18N4O4S/c1-10-5-14(18-23-10)17-12-6-11(7-16-8-12)15(20)19(2)13-3-4-24(21,22)9-13/h5-8,13H,3-4,9H2,1-2H3,(H,17,18). The summed E-state index contributed by atoms with van der Waals surface area (Å²) in [6, 6.07) is 3.08. The largest absolute Gasteiger partial charge is 0.360 e. The summed E-state index contributed by atoms with van der Waals surface area (Å²) in [7, 11) is -1.42. The van der Waals surface area contributed by atoms with E-state index in [1.165, 1.54) is 11.1 Å². The van der Waals surface area contributed by atoms with Gasteiger partial charge in [-0.05, 0) is 19.4 Å². The normalized spacial score (nSPS) is 19.2. The number of hydrogen-bond acceptors (Lipinski definition) is 7. The SMILES string of the molecule is Cc1cc(Nc2cncc(C(=O)N(C)C3CCS(=O)(=O)C3)c2)no1. The van der Waals surface area contributed by atoms with Crippen LogP contribution in [-0.2, 0) is 9.84 Å². The lowest BCUT2D eigenvalue weighted by molar-refractivity contribution is 0.0747. The monoisotopic (exact) mass is 350 g/mol. The molecule has 0 bridgehead atoms. The van der Waals surface area contributed by atoms with Crippen molar-refractivity contribution >= 4 is 27.2 Å². The molecule has 0 aliphatic carbocycles. The van der Waals surface area contributed by atoms with E-state index >= 15 is 0 Å². The average molecular weight is 350 g/mol. The van der Waals surface area contributed by atoms with Gasteiger partial charge in [0.25, 0.3) is 5.91 Å². The summed E-state index contributed by atoms with van der Waals surface area (Å²) in [5.74, 6) is 1.07. The predicted molar refractivity (Wildman–Crippen MR) is 87.9 cm³/mol. The maximum absolute atomic E-state index is 12.6. The van der Waals surface area contributed by atoms with Crippen molar-refractivity contribution in [3.8, 4) is 0 Å². The van der Waals surface area contributed by atoms with Crippen molar-refractivity contribution in [3.63, 3.8) is 0 Å². The summed E-state index contributed by atoms with van der Waals surface area (Å²) >= 11 is 0. The number of carbonyl (C=O) groups excluding carboxylic acids is 1. The molecule has 3 rings (SSSR count). The molecule has 1 saturated heterocycles. The van der Waals surface area contributed by atoms with Gasteiger partial charge >= 0.3 is 0 Å². The lowest BCUT2D eigenvalue weighted by atomic mass is 10.2. The molecule has 0 spiro atoms. The van der Waals surface area contributed by atoms with E-state index in [-0.39, 0.29) is 23.5 Å². The number of aromatic nitrogens is 2. The first kappa shape index (κ1) is 16.4. The van der Waals surface area contributed by atoms with E-state index in [1.807, 2.05) is 0 Å². The molecule has 24 heavy (non-hydrogen) atoms. The van der Waals surface area contributed by atoms with Gasteiger partial charge < -0.3 is 14.7 Å². The van der Waals surface area contributed by atoms with Gasteiger partial charge in [0.1, 0.15) is 5.76 Å². The molecule has 1 aliphatic heterocycles. The summed E-state index contributed by atoms with van der Waals surface area (Å²) in [4.78, 5) is 18.1. The van der Waals surface area contributed by atoms with Crippen LogP contribution in [0.4, 0.5) is 11.5 Å². The van der Waals surface area contributed by atoms with Gasteiger partial charge in [-0.25, -0.2) is 8.42 Å². The van der Waals surface area contributed by atoms with Gasteiger partial charge in [0.05, 0.1) is 29.0 Å². The Bertz CT molecular complexity index is 862. The van der Waals surface area contributed by atoms with Crippen LogP contribution in [0.5, 0.6) is 0 Å². The molecule has 0 saturated carbocycles. The van der Waals surface area contributed by atoms with E-state index < -0.39 is 9.84 Å². The number of pyridine rings is 1. The molecular weight excluding hydrogens is 332 g/mol. The number of carbonyl (C=O) groups is 1. The number of aryl methyl sites for hydroxylation is 1. The van der Waals surface area contributed by atoms with Crippen molar-refractivity contribution in [3.05, 3.63) is 35.9 Å². The zero-order chi connectivity index (χ0) is 17.3. The number of anilines is 2. The van der Waals surface area contributed by atoms with E-state index in [9.17, 15) is 13.2 Å². The zero-order valence-corrected chi connectivity index (χ0v) is 14.2. The van der Waals surface area contributed by atoms with Crippen molar-refractivity contribution in [2.75, 3.05) is 23.9 Å². The third-order valence-electron chi connectivity index (χ3n) is 3.96. The summed E-state index contributed by atoms with van der Waals surface area (Å²) in [5, 5.41) is 6.83. The molecule has 2 aromatic heterocycles. The van der Waals surface area contributed by atoms with Gasteiger partial charge in [0, 0.05) is 25.4 Å². The minimum Gasteiger partial charge on any atom is -0.360 e. The van der Waals surface area contributed by atoms with Crippen LogP contribution in [-0.4, -0.2) is 54.0 Å². The van der Waals surface area contributed by atoms with Crippen LogP contribution in [0.1, 0.15) is 22.5 Å². The van der Waals surface area contributed by atoms with Crippen LogP contribution < -0.4 is 5.32 Å². The Hall–Kier alpha value is -2.42. The second kappa shape index (κ2) is 6.23. The molecule has 1 atom stereocenters. The van der Waals surface area contributed by atoms with E-state index in [1.54, 1.807) is 32.3 Å². The van der Waals surface area contributed by atoms with Gasteiger partial charge in [0.2, 0.25) is 0 Å². The third kappa shape index (κ3) is 3.56. The van der Waals surface area contributed by atoms with Gasteiger partial charge in [-0.1, -0.05) is 5.16 Å².